The number of hydrogen-bond donors (Lipinski definition) is 2. The second-order valence-corrected chi connectivity index (χ2v) is 8.24. The first kappa shape index (κ1) is 19.7. The highest BCUT2D eigenvalue weighted by atomic mass is 32.2. The fourth-order valence-electron chi connectivity index (χ4n) is 2.70. The number of rotatable bonds is 6. The zero-order chi connectivity index (χ0) is 20.1. The van der Waals surface area contributed by atoms with Crippen LogP contribution in [0.4, 0.5) is 5.69 Å². The smallest absolute Gasteiger partial charge is 0.255 e. The molecule has 2 N–H and O–H groups in total. The summed E-state index contributed by atoms with van der Waals surface area (Å²) in [6.07, 6.45) is 3.21. The molecular weight excluding hydrogens is 374 g/mol. The van der Waals surface area contributed by atoms with E-state index in [0.29, 0.717) is 5.56 Å². The van der Waals surface area contributed by atoms with Crippen molar-refractivity contribution >= 4 is 21.6 Å². The molecule has 28 heavy (non-hydrogen) atoms. The van der Waals surface area contributed by atoms with Crippen LogP contribution in [0.3, 0.4) is 0 Å². The lowest BCUT2D eigenvalue weighted by atomic mass is 10.1. The number of anilines is 1. The van der Waals surface area contributed by atoms with E-state index in [1.807, 2.05) is 32.0 Å². The summed E-state index contributed by atoms with van der Waals surface area (Å²) in [5, 5.41) is 2.85. The third-order valence-corrected chi connectivity index (χ3v) is 5.69. The number of pyridine rings is 1. The molecule has 1 amide bonds. The summed E-state index contributed by atoms with van der Waals surface area (Å²) in [6, 6.07) is 15.1. The van der Waals surface area contributed by atoms with E-state index < -0.39 is 10.0 Å². The van der Waals surface area contributed by atoms with Gasteiger partial charge in [0.15, 0.2) is 0 Å². The molecule has 0 aliphatic carbocycles. The highest BCUT2D eigenvalue weighted by Gasteiger charge is 2.15. The summed E-state index contributed by atoms with van der Waals surface area (Å²) >= 11 is 0. The number of sulfonamides is 1. The van der Waals surface area contributed by atoms with Gasteiger partial charge in [-0.2, -0.15) is 0 Å². The van der Waals surface area contributed by atoms with Crippen LogP contribution in [0.5, 0.6) is 0 Å². The largest absolute Gasteiger partial charge is 0.322 e. The zero-order valence-corrected chi connectivity index (χ0v) is 16.5. The summed E-state index contributed by atoms with van der Waals surface area (Å²) in [5.74, 6) is -0.291. The molecule has 2 aromatic carbocycles. The van der Waals surface area contributed by atoms with E-state index in [9.17, 15) is 13.2 Å². The molecule has 0 radical (unpaired) electrons. The van der Waals surface area contributed by atoms with Gasteiger partial charge in [-0.3, -0.25) is 9.78 Å². The van der Waals surface area contributed by atoms with Crippen LogP contribution in [0.2, 0.25) is 0 Å². The summed E-state index contributed by atoms with van der Waals surface area (Å²) in [5.41, 5.74) is 4.00. The molecule has 0 spiro atoms. The molecule has 1 heterocycles. The maximum absolute atomic E-state index is 12.4. The highest BCUT2D eigenvalue weighted by Crippen LogP contribution is 2.18. The van der Waals surface area contributed by atoms with Crippen molar-refractivity contribution < 1.29 is 13.2 Å². The van der Waals surface area contributed by atoms with Crippen LogP contribution in [0.25, 0.3) is 0 Å². The SMILES string of the molecule is Cc1ccc(NC(=O)c2ccc(S(=O)(=O)NCc3ccncc3)cc2)c(C)c1. The normalized spacial score (nSPS) is 11.2. The Kier molecular flexibility index (Phi) is 5.87. The number of nitrogens with zero attached hydrogens (tertiary/aromatic N) is 1. The molecule has 0 fully saturated rings. The Hall–Kier alpha value is -3.03. The molecule has 0 aliphatic rings. The maximum Gasteiger partial charge on any atom is 0.255 e. The van der Waals surface area contributed by atoms with Crippen molar-refractivity contribution in [3.8, 4) is 0 Å². The van der Waals surface area contributed by atoms with E-state index in [1.54, 1.807) is 24.5 Å². The Morgan fingerprint density at radius 3 is 2.29 bits per heavy atom. The second-order valence-electron chi connectivity index (χ2n) is 6.48. The number of amides is 1. The van der Waals surface area contributed by atoms with Crippen molar-refractivity contribution in [1.82, 2.24) is 9.71 Å². The molecule has 0 unspecified atom stereocenters. The number of carbonyl (C=O) groups excluding carboxylic acids is 1. The lowest BCUT2D eigenvalue weighted by Crippen LogP contribution is -2.23. The number of carbonyl (C=O) groups is 1. The molecule has 7 heteroatoms. The van der Waals surface area contributed by atoms with Crippen molar-refractivity contribution in [2.24, 2.45) is 0 Å². The Morgan fingerprint density at radius 1 is 0.964 bits per heavy atom. The van der Waals surface area contributed by atoms with Crippen molar-refractivity contribution in [2.45, 2.75) is 25.3 Å². The van der Waals surface area contributed by atoms with Gasteiger partial charge in [-0.1, -0.05) is 17.7 Å². The van der Waals surface area contributed by atoms with Gasteiger partial charge in [0.25, 0.3) is 5.91 Å². The first-order valence-corrected chi connectivity index (χ1v) is 10.2. The fraction of sp³-hybridized carbons (Fsp3) is 0.143. The van der Waals surface area contributed by atoms with Crippen LogP contribution in [-0.4, -0.2) is 19.3 Å². The maximum atomic E-state index is 12.4. The van der Waals surface area contributed by atoms with Crippen LogP contribution < -0.4 is 10.0 Å². The minimum atomic E-state index is -3.67. The molecule has 0 bridgehead atoms. The Morgan fingerprint density at radius 2 is 1.64 bits per heavy atom. The number of hydrogen-bond acceptors (Lipinski definition) is 4. The van der Waals surface area contributed by atoms with Crippen LogP contribution >= 0.6 is 0 Å². The molecule has 0 atom stereocenters. The van der Waals surface area contributed by atoms with Gasteiger partial charge >= 0.3 is 0 Å². The lowest BCUT2D eigenvalue weighted by molar-refractivity contribution is 0.102. The van der Waals surface area contributed by atoms with E-state index in [0.717, 1.165) is 22.4 Å². The topological polar surface area (TPSA) is 88.2 Å². The van der Waals surface area contributed by atoms with Gasteiger partial charge < -0.3 is 5.32 Å². The van der Waals surface area contributed by atoms with Gasteiger partial charge in [-0.15, -0.1) is 0 Å². The van der Waals surface area contributed by atoms with Crippen molar-refractivity contribution in [2.75, 3.05) is 5.32 Å². The van der Waals surface area contributed by atoms with Gasteiger partial charge in [0.2, 0.25) is 10.0 Å². The van der Waals surface area contributed by atoms with Crippen molar-refractivity contribution in [1.29, 1.82) is 0 Å². The molecule has 6 nitrogen and oxygen atoms in total. The predicted molar refractivity (Wildman–Crippen MR) is 109 cm³/mol. The molecule has 144 valence electrons. The average Bonchev–Trinajstić information content (AvgIpc) is 2.69. The van der Waals surface area contributed by atoms with Gasteiger partial charge in [-0.25, -0.2) is 13.1 Å². The Bertz CT molecular complexity index is 1080. The first-order valence-electron chi connectivity index (χ1n) is 8.72. The Balaban J connectivity index is 1.69. The third kappa shape index (κ3) is 4.82. The summed E-state index contributed by atoms with van der Waals surface area (Å²) in [4.78, 5) is 16.4. The van der Waals surface area contributed by atoms with Crippen LogP contribution in [0.1, 0.15) is 27.0 Å². The minimum Gasteiger partial charge on any atom is -0.322 e. The predicted octanol–water partition coefficient (Wildman–Crippen LogP) is 3.43. The third-order valence-electron chi connectivity index (χ3n) is 4.27. The van der Waals surface area contributed by atoms with E-state index >= 15 is 0 Å². The quantitative estimate of drug-likeness (QED) is 0.669. The fourth-order valence-corrected chi connectivity index (χ4v) is 3.71. The average molecular weight is 395 g/mol. The molecule has 0 saturated carbocycles. The number of aryl methyl sites for hydroxylation is 2. The Labute approximate surface area is 164 Å². The monoisotopic (exact) mass is 395 g/mol. The second kappa shape index (κ2) is 8.33. The molecule has 3 rings (SSSR count). The highest BCUT2D eigenvalue weighted by molar-refractivity contribution is 7.89. The molecule has 3 aromatic rings. The standard InChI is InChI=1S/C21H21N3O3S/c1-15-3-8-20(16(2)13-15)24-21(25)18-4-6-19(7-5-18)28(26,27)23-14-17-9-11-22-12-10-17/h3-13,23H,14H2,1-2H3,(H,24,25). The van der Waals surface area contributed by atoms with Crippen molar-refractivity contribution in [3.63, 3.8) is 0 Å². The number of nitrogens with one attached hydrogen (secondary N) is 2. The minimum absolute atomic E-state index is 0.102. The van der Waals surface area contributed by atoms with Gasteiger partial charge in [-0.05, 0) is 67.4 Å². The first-order chi connectivity index (χ1) is 13.3. The van der Waals surface area contributed by atoms with Gasteiger partial charge in [0, 0.05) is 30.2 Å². The van der Waals surface area contributed by atoms with Crippen LogP contribution in [0, 0.1) is 13.8 Å². The lowest BCUT2D eigenvalue weighted by Gasteiger charge is -2.10. The van der Waals surface area contributed by atoms with E-state index in [1.165, 1.54) is 24.3 Å². The molecular formula is C21H21N3O3S. The molecule has 1 aromatic heterocycles. The van der Waals surface area contributed by atoms with Crippen molar-refractivity contribution in [3.05, 3.63) is 89.2 Å². The van der Waals surface area contributed by atoms with Gasteiger partial charge in [0.1, 0.15) is 0 Å². The number of aromatic nitrogens is 1. The van der Waals surface area contributed by atoms with Gasteiger partial charge in [0.05, 0.1) is 4.90 Å². The summed E-state index contributed by atoms with van der Waals surface area (Å²) in [7, 11) is -3.67. The summed E-state index contributed by atoms with van der Waals surface area (Å²) < 4.78 is 27.4. The van der Waals surface area contributed by atoms with Crippen LogP contribution in [0.15, 0.2) is 71.9 Å². The summed E-state index contributed by atoms with van der Waals surface area (Å²) in [6.45, 7) is 4.08. The van der Waals surface area contributed by atoms with Crippen LogP contribution in [-0.2, 0) is 16.6 Å². The van der Waals surface area contributed by atoms with E-state index in [4.69, 9.17) is 0 Å². The number of benzene rings is 2. The zero-order valence-electron chi connectivity index (χ0n) is 15.6. The van der Waals surface area contributed by atoms with E-state index in [-0.39, 0.29) is 17.3 Å². The molecule has 0 aliphatic heterocycles. The van der Waals surface area contributed by atoms with E-state index in [2.05, 4.69) is 15.0 Å². The molecule has 0 saturated heterocycles.